The Morgan fingerprint density at radius 1 is 1.24 bits per heavy atom. The van der Waals surface area contributed by atoms with Gasteiger partial charge in [-0.25, -0.2) is 9.97 Å². The second kappa shape index (κ2) is 5.27. The minimum atomic E-state index is 0.276. The minimum Gasteiger partial charge on any atom is -0.346 e. The van der Waals surface area contributed by atoms with Crippen LogP contribution in [-0.2, 0) is 0 Å². The van der Waals surface area contributed by atoms with E-state index in [9.17, 15) is 0 Å². The maximum absolute atomic E-state index is 4.29. The van der Waals surface area contributed by atoms with E-state index in [4.69, 9.17) is 0 Å². The largest absolute Gasteiger partial charge is 0.346 e. The molecule has 0 aliphatic carbocycles. The summed E-state index contributed by atoms with van der Waals surface area (Å²) < 4.78 is 0. The van der Waals surface area contributed by atoms with Crippen LogP contribution in [0.2, 0.25) is 0 Å². The minimum absolute atomic E-state index is 0.276. The zero-order valence-corrected chi connectivity index (χ0v) is 11.2. The van der Waals surface area contributed by atoms with Crippen molar-refractivity contribution in [1.29, 1.82) is 0 Å². The van der Waals surface area contributed by atoms with Crippen LogP contribution in [0.1, 0.15) is 30.3 Å². The summed E-state index contributed by atoms with van der Waals surface area (Å²) in [7, 11) is 0. The molecule has 2 heterocycles. The second-order valence-electron chi connectivity index (χ2n) is 4.47. The second-order valence-corrected chi connectivity index (χ2v) is 5.44. The number of hydrogen-bond donors (Lipinski definition) is 1. The van der Waals surface area contributed by atoms with Crippen molar-refractivity contribution in [1.82, 2.24) is 9.97 Å². The number of nitrogens with one attached hydrogen (secondary N) is 1. The van der Waals surface area contributed by atoms with Crippen LogP contribution in [-0.4, -0.2) is 9.97 Å². The Labute approximate surface area is 106 Å². The highest BCUT2D eigenvalue weighted by Crippen LogP contribution is 2.28. The number of thiophene rings is 1. The predicted octanol–water partition coefficient (Wildman–Crippen LogP) is 3.66. The molecule has 2 rings (SSSR count). The quantitative estimate of drug-likeness (QED) is 0.896. The highest BCUT2D eigenvalue weighted by molar-refractivity contribution is 7.10. The van der Waals surface area contributed by atoms with Gasteiger partial charge in [0.05, 0.1) is 6.04 Å². The third kappa shape index (κ3) is 3.03. The number of aryl methyl sites for hydroxylation is 1. The summed E-state index contributed by atoms with van der Waals surface area (Å²) in [6, 6.07) is 4.50. The lowest BCUT2D eigenvalue weighted by atomic mass is 10.0. The van der Waals surface area contributed by atoms with E-state index >= 15 is 0 Å². The fourth-order valence-corrected chi connectivity index (χ4v) is 2.59. The standard InChI is InChI=1S/C13H17N3S/c1-9(2)12(11-5-4-6-17-11)16-13-14-7-10(3)8-15-13/h4-9,12H,1-3H3,(H,14,15,16). The molecule has 0 saturated heterocycles. The van der Waals surface area contributed by atoms with Crippen molar-refractivity contribution in [2.45, 2.75) is 26.8 Å². The molecule has 1 N–H and O–H groups in total. The average Bonchev–Trinajstić information content (AvgIpc) is 2.81. The molecule has 1 atom stereocenters. The molecule has 2 aromatic rings. The molecular formula is C13H17N3S. The van der Waals surface area contributed by atoms with Gasteiger partial charge in [0.25, 0.3) is 0 Å². The van der Waals surface area contributed by atoms with Crippen LogP contribution in [0.15, 0.2) is 29.9 Å². The van der Waals surface area contributed by atoms with Gasteiger partial charge in [-0.15, -0.1) is 11.3 Å². The van der Waals surface area contributed by atoms with Crippen molar-refractivity contribution < 1.29 is 0 Å². The molecule has 0 aliphatic heterocycles. The van der Waals surface area contributed by atoms with Gasteiger partial charge in [0.15, 0.2) is 0 Å². The summed E-state index contributed by atoms with van der Waals surface area (Å²) in [6.07, 6.45) is 3.67. The first-order chi connectivity index (χ1) is 8.16. The maximum atomic E-state index is 4.29. The van der Waals surface area contributed by atoms with Crippen molar-refractivity contribution in [3.8, 4) is 0 Å². The van der Waals surface area contributed by atoms with Gasteiger partial charge >= 0.3 is 0 Å². The highest BCUT2D eigenvalue weighted by atomic mass is 32.1. The molecule has 4 heteroatoms. The molecule has 1 unspecified atom stereocenters. The third-order valence-corrected chi connectivity index (χ3v) is 3.54. The van der Waals surface area contributed by atoms with Gasteiger partial charge in [-0.05, 0) is 29.9 Å². The Bertz CT molecular complexity index is 448. The van der Waals surface area contributed by atoms with Crippen LogP contribution in [0.25, 0.3) is 0 Å². The summed E-state index contributed by atoms with van der Waals surface area (Å²) >= 11 is 1.76. The van der Waals surface area contributed by atoms with Crippen LogP contribution in [0.4, 0.5) is 5.95 Å². The van der Waals surface area contributed by atoms with E-state index in [1.54, 1.807) is 11.3 Å². The van der Waals surface area contributed by atoms with E-state index in [0.717, 1.165) is 5.56 Å². The van der Waals surface area contributed by atoms with Crippen molar-refractivity contribution in [3.05, 3.63) is 40.3 Å². The molecule has 0 fully saturated rings. The Morgan fingerprint density at radius 2 is 1.94 bits per heavy atom. The Kier molecular flexibility index (Phi) is 3.74. The lowest BCUT2D eigenvalue weighted by molar-refractivity contribution is 0.550. The van der Waals surface area contributed by atoms with E-state index in [-0.39, 0.29) is 6.04 Å². The van der Waals surface area contributed by atoms with E-state index in [1.165, 1.54) is 4.88 Å². The molecule has 0 saturated carbocycles. The molecular weight excluding hydrogens is 230 g/mol. The van der Waals surface area contributed by atoms with Crippen LogP contribution >= 0.6 is 11.3 Å². The average molecular weight is 247 g/mol. The summed E-state index contributed by atoms with van der Waals surface area (Å²) in [4.78, 5) is 9.91. The van der Waals surface area contributed by atoms with E-state index in [0.29, 0.717) is 11.9 Å². The summed E-state index contributed by atoms with van der Waals surface area (Å²) in [6.45, 7) is 6.39. The van der Waals surface area contributed by atoms with Gasteiger partial charge in [-0.2, -0.15) is 0 Å². The first-order valence-electron chi connectivity index (χ1n) is 5.75. The molecule has 0 spiro atoms. The lowest BCUT2D eigenvalue weighted by Crippen LogP contribution is -2.17. The molecule has 90 valence electrons. The van der Waals surface area contributed by atoms with Gasteiger partial charge in [-0.1, -0.05) is 19.9 Å². The van der Waals surface area contributed by atoms with Crippen molar-refractivity contribution in [2.24, 2.45) is 5.92 Å². The zero-order valence-electron chi connectivity index (χ0n) is 10.3. The number of nitrogens with zero attached hydrogens (tertiary/aromatic N) is 2. The molecule has 17 heavy (non-hydrogen) atoms. The van der Waals surface area contributed by atoms with E-state index in [1.807, 2.05) is 19.3 Å². The molecule has 3 nitrogen and oxygen atoms in total. The summed E-state index contributed by atoms with van der Waals surface area (Å²) in [5, 5.41) is 5.50. The summed E-state index contributed by atoms with van der Waals surface area (Å²) in [5.74, 6) is 1.20. The van der Waals surface area contributed by atoms with Gasteiger partial charge in [0.2, 0.25) is 5.95 Å². The van der Waals surface area contributed by atoms with Crippen molar-refractivity contribution in [2.75, 3.05) is 5.32 Å². The van der Waals surface area contributed by atoms with Gasteiger partial charge in [-0.3, -0.25) is 0 Å². The third-order valence-electron chi connectivity index (χ3n) is 2.58. The fraction of sp³-hybridized carbons (Fsp3) is 0.385. The first-order valence-corrected chi connectivity index (χ1v) is 6.63. The van der Waals surface area contributed by atoms with Gasteiger partial charge < -0.3 is 5.32 Å². The predicted molar refractivity (Wildman–Crippen MR) is 72.3 cm³/mol. The van der Waals surface area contributed by atoms with E-state index in [2.05, 4.69) is 46.6 Å². The van der Waals surface area contributed by atoms with Crippen LogP contribution < -0.4 is 5.32 Å². The maximum Gasteiger partial charge on any atom is 0.223 e. The van der Waals surface area contributed by atoms with Crippen molar-refractivity contribution in [3.63, 3.8) is 0 Å². The number of hydrogen-bond acceptors (Lipinski definition) is 4. The van der Waals surface area contributed by atoms with Gasteiger partial charge in [0, 0.05) is 17.3 Å². The Hall–Kier alpha value is -1.42. The molecule has 0 aromatic carbocycles. The lowest BCUT2D eigenvalue weighted by Gasteiger charge is -2.21. The van der Waals surface area contributed by atoms with Gasteiger partial charge in [0.1, 0.15) is 0 Å². The molecule has 0 radical (unpaired) electrons. The first kappa shape index (κ1) is 12.0. The zero-order chi connectivity index (χ0) is 12.3. The summed E-state index contributed by atoms with van der Waals surface area (Å²) in [5.41, 5.74) is 1.08. The monoisotopic (exact) mass is 247 g/mol. The van der Waals surface area contributed by atoms with Crippen molar-refractivity contribution >= 4 is 17.3 Å². The van der Waals surface area contributed by atoms with Crippen LogP contribution in [0.5, 0.6) is 0 Å². The number of anilines is 1. The molecule has 0 bridgehead atoms. The van der Waals surface area contributed by atoms with E-state index < -0.39 is 0 Å². The number of rotatable bonds is 4. The smallest absolute Gasteiger partial charge is 0.223 e. The van der Waals surface area contributed by atoms with Crippen LogP contribution in [0.3, 0.4) is 0 Å². The molecule has 2 aromatic heterocycles. The molecule has 0 amide bonds. The normalized spacial score (nSPS) is 12.7. The Morgan fingerprint density at radius 3 is 2.47 bits per heavy atom. The number of aromatic nitrogens is 2. The molecule has 0 aliphatic rings. The SMILES string of the molecule is Cc1cnc(NC(c2cccs2)C(C)C)nc1. The highest BCUT2D eigenvalue weighted by Gasteiger charge is 2.17. The fourth-order valence-electron chi connectivity index (χ4n) is 1.64. The Balaban J connectivity index is 2.16. The van der Waals surface area contributed by atoms with Crippen LogP contribution in [0, 0.1) is 12.8 Å². The topological polar surface area (TPSA) is 37.8 Å².